The smallest absolute Gasteiger partial charge is 0.232 e. The molecule has 0 bridgehead atoms. The molecule has 3 aliphatic rings. The Morgan fingerprint density at radius 1 is 1.19 bits per heavy atom. The molecule has 1 aromatic rings. The maximum absolute atomic E-state index is 13.6. The van der Waals surface area contributed by atoms with Crippen molar-refractivity contribution in [3.8, 4) is 0 Å². The van der Waals surface area contributed by atoms with Gasteiger partial charge in [0.05, 0.1) is 29.9 Å². The predicted molar refractivity (Wildman–Crippen MR) is 119 cm³/mol. The minimum Gasteiger partial charge on any atom is -0.512 e. The van der Waals surface area contributed by atoms with Crippen LogP contribution in [0, 0.1) is 17.7 Å². The fraction of sp³-hybridized carbons (Fsp3) is 0.346. The third-order valence-corrected chi connectivity index (χ3v) is 6.41. The lowest BCUT2D eigenvalue weighted by Crippen LogP contribution is -2.65. The number of rotatable bonds is 6. The number of carbonyl (C=O) groups is 1. The number of aliphatic hydroxyl groups is 2. The second-order valence-electron chi connectivity index (χ2n) is 8.61. The van der Waals surface area contributed by atoms with Crippen LogP contribution in [0.3, 0.4) is 0 Å². The zero-order valence-electron chi connectivity index (χ0n) is 17.9. The van der Waals surface area contributed by atoms with Gasteiger partial charge in [-0.1, -0.05) is 43.4 Å². The van der Waals surface area contributed by atoms with Gasteiger partial charge in [0.2, 0.25) is 5.91 Å². The zero-order valence-corrected chi connectivity index (χ0v) is 17.9. The van der Waals surface area contributed by atoms with E-state index in [1.165, 1.54) is 24.3 Å². The van der Waals surface area contributed by atoms with Crippen LogP contribution in [0.4, 0.5) is 8.78 Å². The van der Waals surface area contributed by atoms with Crippen molar-refractivity contribution in [2.75, 3.05) is 0 Å². The maximum Gasteiger partial charge on any atom is 0.232 e. The number of hydrogen-bond acceptors (Lipinski definition) is 3. The average molecular weight is 440 g/mol. The summed E-state index contributed by atoms with van der Waals surface area (Å²) in [5, 5.41) is 20.1. The number of amides is 1. The third-order valence-electron chi connectivity index (χ3n) is 6.41. The van der Waals surface area contributed by atoms with E-state index in [1.54, 1.807) is 35.3 Å². The lowest BCUT2D eigenvalue weighted by atomic mass is 9.76. The molecule has 1 aliphatic heterocycles. The highest BCUT2D eigenvalue weighted by molar-refractivity contribution is 5.90. The molecule has 4 nitrogen and oxygen atoms in total. The fourth-order valence-corrected chi connectivity index (χ4v) is 4.65. The van der Waals surface area contributed by atoms with Gasteiger partial charge in [-0.3, -0.25) is 4.79 Å². The van der Waals surface area contributed by atoms with Crippen molar-refractivity contribution in [2.24, 2.45) is 11.8 Å². The van der Waals surface area contributed by atoms with Crippen LogP contribution in [0.2, 0.25) is 0 Å². The number of β-lactam (4-membered cyclic amide) rings is 1. The number of benzene rings is 1. The molecule has 1 heterocycles. The van der Waals surface area contributed by atoms with Crippen LogP contribution in [-0.2, 0) is 4.79 Å². The molecule has 0 spiro atoms. The molecular formula is C26H27F2NO3. The number of aliphatic hydroxyl groups excluding tert-OH is 2. The first-order valence-electron chi connectivity index (χ1n) is 10.9. The summed E-state index contributed by atoms with van der Waals surface area (Å²) in [5.74, 6) is -0.914. The van der Waals surface area contributed by atoms with Crippen LogP contribution in [0.25, 0.3) is 0 Å². The minimum atomic E-state index is -0.792. The molecule has 0 radical (unpaired) electrons. The number of nitrogens with zero attached hydrogens (tertiary/aromatic N) is 1. The van der Waals surface area contributed by atoms with Crippen LogP contribution in [0.1, 0.15) is 37.9 Å². The molecule has 0 aromatic heterocycles. The standard InChI is InChI=1S/C26H27F2NO3/c1-16-15-20(28)11-14-23(16)29-25(18-7-12-21(30)13-8-18)22(26(29)32)3-2-4-24(31)17-5-9-19(27)10-6-17/h2-3,5-7,9-12,14-16,22-25,30-31H,4,8,13H2,1H3/b3-2+/t16?,22?,23?,24-,25+/m0/s1. The molecule has 1 amide bonds. The van der Waals surface area contributed by atoms with E-state index >= 15 is 0 Å². The van der Waals surface area contributed by atoms with Crippen LogP contribution in [-0.4, -0.2) is 33.1 Å². The zero-order chi connectivity index (χ0) is 22.8. The topological polar surface area (TPSA) is 60.8 Å². The molecule has 2 N–H and O–H groups in total. The van der Waals surface area contributed by atoms with E-state index in [9.17, 15) is 23.8 Å². The predicted octanol–water partition coefficient (Wildman–Crippen LogP) is 5.22. The highest BCUT2D eigenvalue weighted by Crippen LogP contribution is 2.41. The molecule has 1 aromatic carbocycles. The molecule has 168 valence electrons. The van der Waals surface area contributed by atoms with Crippen LogP contribution >= 0.6 is 0 Å². The SMILES string of the molecule is CC1C=C(F)C=CC1N1C(=O)C(/C=C/C[C@H](O)c2ccc(F)cc2)[C@H]1C1=CC=C(O)CC1. The van der Waals surface area contributed by atoms with E-state index in [1.807, 2.05) is 19.1 Å². The Kier molecular flexibility index (Phi) is 6.42. The number of hydrogen-bond donors (Lipinski definition) is 2. The Labute approximate surface area is 186 Å². The van der Waals surface area contributed by atoms with Gasteiger partial charge in [0.25, 0.3) is 0 Å². The van der Waals surface area contributed by atoms with E-state index in [0.717, 1.165) is 5.57 Å². The normalized spacial score (nSPS) is 28.8. The Hall–Kier alpha value is -2.99. The third kappa shape index (κ3) is 4.46. The summed E-state index contributed by atoms with van der Waals surface area (Å²) in [4.78, 5) is 14.9. The summed E-state index contributed by atoms with van der Waals surface area (Å²) in [7, 11) is 0. The first-order valence-corrected chi connectivity index (χ1v) is 10.9. The molecule has 32 heavy (non-hydrogen) atoms. The average Bonchev–Trinajstić information content (AvgIpc) is 2.77. The van der Waals surface area contributed by atoms with E-state index in [2.05, 4.69) is 0 Å². The Morgan fingerprint density at radius 2 is 1.94 bits per heavy atom. The summed E-state index contributed by atoms with van der Waals surface area (Å²) in [5.41, 5.74) is 1.66. The molecule has 5 atom stereocenters. The van der Waals surface area contributed by atoms with E-state index in [-0.39, 0.29) is 41.5 Å². The first-order chi connectivity index (χ1) is 15.3. The maximum atomic E-state index is 13.6. The molecule has 0 saturated carbocycles. The van der Waals surface area contributed by atoms with Crippen molar-refractivity contribution < 1.29 is 23.8 Å². The highest BCUT2D eigenvalue weighted by atomic mass is 19.1. The Balaban J connectivity index is 1.51. The molecule has 1 saturated heterocycles. The molecule has 6 heteroatoms. The van der Waals surface area contributed by atoms with Gasteiger partial charge in [-0.05, 0) is 54.3 Å². The van der Waals surface area contributed by atoms with Crippen molar-refractivity contribution in [3.63, 3.8) is 0 Å². The summed E-state index contributed by atoms with van der Waals surface area (Å²) in [6, 6.07) is 5.28. The van der Waals surface area contributed by atoms with Gasteiger partial charge in [-0.25, -0.2) is 8.78 Å². The highest BCUT2D eigenvalue weighted by Gasteiger charge is 2.50. The molecule has 3 unspecified atom stereocenters. The monoisotopic (exact) mass is 439 g/mol. The van der Waals surface area contributed by atoms with Crippen molar-refractivity contribution >= 4 is 5.91 Å². The van der Waals surface area contributed by atoms with Gasteiger partial charge in [0.15, 0.2) is 0 Å². The van der Waals surface area contributed by atoms with Crippen molar-refractivity contribution in [1.29, 1.82) is 0 Å². The molecular weight excluding hydrogens is 412 g/mol. The number of allylic oxidation sites excluding steroid dienone is 5. The van der Waals surface area contributed by atoms with E-state index in [0.29, 0.717) is 30.6 Å². The summed E-state index contributed by atoms with van der Waals surface area (Å²) >= 11 is 0. The quantitative estimate of drug-likeness (QED) is 0.472. The van der Waals surface area contributed by atoms with Gasteiger partial charge < -0.3 is 15.1 Å². The van der Waals surface area contributed by atoms with Crippen molar-refractivity contribution in [3.05, 3.63) is 95.3 Å². The largest absolute Gasteiger partial charge is 0.512 e. The second kappa shape index (κ2) is 9.25. The van der Waals surface area contributed by atoms with Gasteiger partial charge in [0.1, 0.15) is 11.6 Å². The summed E-state index contributed by atoms with van der Waals surface area (Å²) in [6.07, 6.45) is 12.5. The number of halogens is 2. The minimum absolute atomic E-state index is 0.0422. The lowest BCUT2D eigenvalue weighted by Gasteiger charge is -2.52. The van der Waals surface area contributed by atoms with Crippen LogP contribution < -0.4 is 0 Å². The van der Waals surface area contributed by atoms with Gasteiger partial charge in [-0.15, -0.1) is 0 Å². The van der Waals surface area contributed by atoms with Gasteiger partial charge >= 0.3 is 0 Å². The van der Waals surface area contributed by atoms with Crippen LogP contribution in [0.15, 0.2) is 84.0 Å². The lowest BCUT2D eigenvalue weighted by molar-refractivity contribution is -0.154. The van der Waals surface area contributed by atoms with Crippen molar-refractivity contribution in [2.45, 2.75) is 44.4 Å². The Bertz CT molecular complexity index is 1020. The molecule has 1 fully saturated rings. The fourth-order valence-electron chi connectivity index (χ4n) is 4.65. The molecule has 2 aliphatic carbocycles. The molecule has 4 rings (SSSR count). The second-order valence-corrected chi connectivity index (χ2v) is 8.61. The number of likely N-dealkylation sites (tertiary alicyclic amines) is 1. The Morgan fingerprint density at radius 3 is 2.59 bits per heavy atom. The van der Waals surface area contributed by atoms with Gasteiger partial charge in [-0.2, -0.15) is 0 Å². The van der Waals surface area contributed by atoms with E-state index in [4.69, 9.17) is 0 Å². The van der Waals surface area contributed by atoms with E-state index < -0.39 is 6.10 Å². The summed E-state index contributed by atoms with van der Waals surface area (Å²) in [6.45, 7) is 1.89. The van der Waals surface area contributed by atoms with Crippen LogP contribution in [0.5, 0.6) is 0 Å². The summed E-state index contributed by atoms with van der Waals surface area (Å²) < 4.78 is 26.7. The number of carbonyl (C=O) groups excluding carboxylic acids is 1. The first kappa shape index (κ1) is 22.2. The van der Waals surface area contributed by atoms with Gasteiger partial charge in [0, 0.05) is 12.3 Å². The van der Waals surface area contributed by atoms with Crippen molar-refractivity contribution in [1.82, 2.24) is 4.90 Å².